The van der Waals surface area contributed by atoms with Gasteiger partial charge in [-0.25, -0.2) is 0 Å². The fourth-order valence-corrected chi connectivity index (χ4v) is 10.4. The van der Waals surface area contributed by atoms with Crippen LogP contribution in [-0.2, 0) is 53.9 Å². The molecule has 0 saturated carbocycles. The monoisotopic (exact) mass is 1390 g/mol. The van der Waals surface area contributed by atoms with Gasteiger partial charge in [0, 0.05) is 110 Å². The quantitative estimate of drug-likeness (QED) is 0.157. The third-order valence-corrected chi connectivity index (χ3v) is 13.6. The van der Waals surface area contributed by atoms with Crippen LogP contribution in [0, 0.1) is 0 Å². The van der Waals surface area contributed by atoms with Gasteiger partial charge in [0.1, 0.15) is 0 Å². The molecule has 6 radical (unpaired) electrons. The van der Waals surface area contributed by atoms with Crippen LogP contribution in [0.1, 0.15) is 294 Å². The Labute approximate surface area is 636 Å². The molecule has 12 rings (SSSR count). The first-order valence-electron chi connectivity index (χ1n) is 39.1. The molecule has 8 aromatic carbocycles. The van der Waals surface area contributed by atoms with Crippen molar-refractivity contribution in [3.05, 3.63) is 192 Å². The van der Waals surface area contributed by atoms with Crippen LogP contribution >= 0.6 is 0 Å². The first-order valence-corrected chi connectivity index (χ1v) is 39.1. The van der Waals surface area contributed by atoms with Gasteiger partial charge >= 0.3 is 0 Å². The number of benzene rings is 8. The van der Waals surface area contributed by atoms with Gasteiger partial charge in [-0.1, -0.05) is 417 Å². The van der Waals surface area contributed by atoms with Gasteiger partial charge in [0.2, 0.25) is 0 Å². The molecule has 4 aromatic heterocycles. The molecule has 0 fully saturated rings. The van der Waals surface area contributed by atoms with Crippen molar-refractivity contribution < 1.29 is 0 Å². The summed E-state index contributed by atoms with van der Waals surface area (Å²) in [5, 5.41) is 10.9. The Balaban J connectivity index is -0.0000000807. The number of rotatable bonds is 4. The minimum atomic E-state index is 0. The normalized spacial score (nSPS) is 8.16. The van der Waals surface area contributed by atoms with Crippen LogP contribution in [0.5, 0.6) is 0 Å². The van der Waals surface area contributed by atoms with E-state index in [0.717, 1.165) is 25.7 Å². The first kappa shape index (κ1) is 124. The van der Waals surface area contributed by atoms with Crippen LogP contribution in [0.2, 0.25) is 0 Å². The highest BCUT2D eigenvalue weighted by Gasteiger charge is 2.13. The van der Waals surface area contributed by atoms with Crippen molar-refractivity contribution in [2.24, 2.45) is 28.2 Å². The standard InChI is InChI=1S/4C15H15N.16C2H6.3CH4.2B/c4*1-3-11-7-6-9-13-12-8-4-5-10-14(12)16(2)15(11)13;16*1-2;;;;;/h4*4-10H,3H2,1-2H3;16*1-2H3;3*1H4;;. The predicted octanol–water partition coefficient (Wildman–Crippen LogP) is 33.1. The summed E-state index contributed by atoms with van der Waals surface area (Å²) in [6.45, 7) is 72.9. The zero-order valence-corrected chi connectivity index (χ0v) is 71.9. The summed E-state index contributed by atoms with van der Waals surface area (Å²) in [5.41, 5.74) is 16.5. The lowest BCUT2D eigenvalue weighted by Gasteiger charge is -2.03. The molecule has 0 saturated heterocycles. The van der Waals surface area contributed by atoms with Crippen molar-refractivity contribution >= 4 is 104 Å². The van der Waals surface area contributed by atoms with Crippen molar-refractivity contribution in [2.45, 2.75) is 297 Å². The summed E-state index contributed by atoms with van der Waals surface area (Å²) in [6, 6.07) is 60.9. The van der Waals surface area contributed by atoms with E-state index in [1.807, 2.05) is 222 Å². The highest BCUT2D eigenvalue weighted by atomic mass is 15.0. The van der Waals surface area contributed by atoms with Gasteiger partial charge in [0.15, 0.2) is 0 Å². The largest absolute Gasteiger partial charge is 0.343 e. The van der Waals surface area contributed by atoms with E-state index in [1.54, 1.807) is 0 Å². The van der Waals surface area contributed by atoms with E-state index in [0.29, 0.717) is 0 Å². The van der Waals surface area contributed by atoms with Crippen LogP contribution in [0.3, 0.4) is 0 Å². The summed E-state index contributed by atoms with van der Waals surface area (Å²) in [6.07, 6.45) is 4.34. The van der Waals surface area contributed by atoms with Crippen molar-refractivity contribution in [2.75, 3.05) is 0 Å². The zero-order chi connectivity index (χ0) is 76.5. The molecule has 0 atom stereocenters. The smallest absolute Gasteiger partial charge is 0.0521 e. The Morgan fingerprint density at radius 3 is 0.426 bits per heavy atom. The lowest BCUT2D eigenvalue weighted by Crippen LogP contribution is -1.91. The second kappa shape index (κ2) is 83.7. The van der Waals surface area contributed by atoms with Crippen molar-refractivity contribution in [1.82, 2.24) is 18.3 Å². The fraction of sp³-hybridized carbons (Fsp3) is 0.495. The van der Waals surface area contributed by atoms with Gasteiger partial charge in [0.05, 0.1) is 22.1 Å². The third-order valence-electron chi connectivity index (χ3n) is 13.6. The van der Waals surface area contributed by atoms with E-state index in [-0.39, 0.29) is 39.1 Å². The molecule has 6 heteroatoms. The molecule has 0 aliphatic carbocycles. The highest BCUT2D eigenvalue weighted by Crippen LogP contribution is 2.34. The molecule has 574 valence electrons. The Bertz CT molecular complexity index is 3140. The number of aromatic nitrogens is 4. The maximum atomic E-state index is 2.31. The topological polar surface area (TPSA) is 19.7 Å². The van der Waals surface area contributed by atoms with Gasteiger partial charge in [-0.3, -0.25) is 0 Å². The van der Waals surface area contributed by atoms with Crippen LogP contribution < -0.4 is 0 Å². The molecule has 12 aromatic rings. The Morgan fingerprint density at radius 1 is 0.178 bits per heavy atom. The van der Waals surface area contributed by atoms with Gasteiger partial charge in [-0.15, -0.1) is 0 Å². The van der Waals surface area contributed by atoms with E-state index in [4.69, 9.17) is 0 Å². The number of para-hydroxylation sites is 8. The van der Waals surface area contributed by atoms with Crippen molar-refractivity contribution in [3.8, 4) is 0 Å². The van der Waals surface area contributed by atoms with Crippen molar-refractivity contribution in [3.63, 3.8) is 0 Å². The molecule has 4 nitrogen and oxygen atoms in total. The second-order valence-corrected chi connectivity index (χ2v) is 17.0. The van der Waals surface area contributed by atoms with E-state index in [1.165, 1.54) is 109 Å². The highest BCUT2D eigenvalue weighted by molar-refractivity contribution is 6.11. The summed E-state index contributed by atoms with van der Waals surface area (Å²) in [5.74, 6) is 0. The lowest BCUT2D eigenvalue weighted by molar-refractivity contribution is 0.995. The molecule has 4 heterocycles. The molecule has 0 aliphatic heterocycles. The Morgan fingerprint density at radius 2 is 0.297 bits per heavy atom. The van der Waals surface area contributed by atoms with Crippen molar-refractivity contribution in [1.29, 1.82) is 0 Å². The van der Waals surface area contributed by atoms with Crippen LogP contribution in [0.4, 0.5) is 0 Å². The van der Waals surface area contributed by atoms with E-state index < -0.39 is 0 Å². The molecular weight excluding hydrogens is 1220 g/mol. The Kier molecular flexibility index (Phi) is 103. The number of nitrogens with zero attached hydrogens (tertiary/aromatic N) is 4. The number of aryl methyl sites for hydroxylation is 8. The lowest BCUT2D eigenvalue weighted by atomic mass is 10.1. The molecule has 0 N–H and O–H groups in total. The molecule has 0 unspecified atom stereocenters. The summed E-state index contributed by atoms with van der Waals surface area (Å²) in [7, 11) is 8.63. The molecule has 101 heavy (non-hydrogen) atoms. The molecule has 0 amide bonds. The number of fused-ring (bicyclic) bond motifs is 12. The summed E-state index contributed by atoms with van der Waals surface area (Å²) in [4.78, 5) is 0. The van der Waals surface area contributed by atoms with Crippen LogP contribution in [-0.4, -0.2) is 35.1 Å². The molecular formula is C95H168B2N4. The molecule has 0 aliphatic rings. The third kappa shape index (κ3) is 34.7. The summed E-state index contributed by atoms with van der Waals surface area (Å²) < 4.78 is 9.24. The minimum absolute atomic E-state index is 0. The van der Waals surface area contributed by atoms with Gasteiger partial charge < -0.3 is 18.3 Å². The van der Waals surface area contributed by atoms with Crippen LogP contribution in [0.15, 0.2) is 170 Å². The van der Waals surface area contributed by atoms with E-state index >= 15 is 0 Å². The molecule has 0 bridgehead atoms. The van der Waals surface area contributed by atoms with Crippen LogP contribution in [0.25, 0.3) is 87.2 Å². The Hall–Kier alpha value is -6.91. The van der Waals surface area contributed by atoms with E-state index in [2.05, 4.69) is 244 Å². The second-order valence-electron chi connectivity index (χ2n) is 17.0. The summed E-state index contributed by atoms with van der Waals surface area (Å²) >= 11 is 0. The first-order chi connectivity index (χ1) is 47.3. The zero-order valence-electron chi connectivity index (χ0n) is 71.9. The average molecular weight is 1390 g/mol. The fourth-order valence-electron chi connectivity index (χ4n) is 10.4. The van der Waals surface area contributed by atoms with Gasteiger partial charge in [0.25, 0.3) is 0 Å². The maximum Gasteiger partial charge on any atom is 0.0521 e. The molecule has 0 spiro atoms. The number of hydrogen-bond acceptors (Lipinski definition) is 0. The van der Waals surface area contributed by atoms with Gasteiger partial charge in [-0.05, 0) is 72.2 Å². The minimum Gasteiger partial charge on any atom is -0.343 e. The SMILES string of the molecule is C.C.C.CC.CC.CC.CC.CC.CC.CC.CC.CC.CC.CC.CC.CC.CC.CC.CC.CCc1cccc2c3ccccc3n(C)c12.CCc1cccc2c3ccccc3n(C)c12.CCc1cccc2c3ccccc3n(C)c12.CCc1cccc2c3ccccc3n(C)c12.[B].[B]. The predicted molar refractivity (Wildman–Crippen MR) is 492 cm³/mol. The van der Waals surface area contributed by atoms with Gasteiger partial charge in [-0.2, -0.15) is 0 Å². The number of hydrogen-bond donors (Lipinski definition) is 0. The average Bonchev–Trinajstić information content (AvgIpc) is 1.65. The maximum absolute atomic E-state index is 2.31. The van der Waals surface area contributed by atoms with E-state index in [9.17, 15) is 0 Å².